The maximum absolute atomic E-state index is 8.63. The van der Waals surface area contributed by atoms with Crippen molar-refractivity contribution in [2.45, 2.75) is 40.5 Å². The molecule has 3 N–H and O–H groups in total. The van der Waals surface area contributed by atoms with Crippen LogP contribution in [-0.4, -0.2) is 37.5 Å². The fourth-order valence-corrected chi connectivity index (χ4v) is 1.42. The van der Waals surface area contributed by atoms with E-state index in [1.807, 2.05) is 13.8 Å². The molecule has 0 aromatic heterocycles. The van der Waals surface area contributed by atoms with Crippen molar-refractivity contribution in [3.05, 3.63) is 0 Å². The van der Waals surface area contributed by atoms with Crippen LogP contribution >= 0.6 is 0 Å². The van der Waals surface area contributed by atoms with E-state index in [1.165, 1.54) is 0 Å². The molecule has 0 bridgehead atoms. The molecule has 0 aliphatic rings. The van der Waals surface area contributed by atoms with Gasteiger partial charge < -0.3 is 20.4 Å². The van der Waals surface area contributed by atoms with Crippen molar-refractivity contribution < 1.29 is 14.7 Å². The molecule has 5 heteroatoms. The van der Waals surface area contributed by atoms with Gasteiger partial charge in [0.05, 0.1) is 13.2 Å². The Morgan fingerprint density at radius 1 is 1.22 bits per heavy atom. The molecule has 0 aliphatic heterocycles. The maximum Gasteiger partial charge on any atom is 0.144 e. The summed E-state index contributed by atoms with van der Waals surface area (Å²) in [5.74, 6) is 0.828. The molecule has 0 saturated carbocycles. The van der Waals surface area contributed by atoms with E-state index in [1.54, 1.807) is 0 Å². The summed E-state index contributed by atoms with van der Waals surface area (Å²) in [6.07, 6.45) is 1.71. The largest absolute Gasteiger partial charge is 0.409 e. The van der Waals surface area contributed by atoms with Gasteiger partial charge in [-0.25, -0.2) is 0 Å². The van der Waals surface area contributed by atoms with Crippen molar-refractivity contribution >= 4 is 5.84 Å². The van der Waals surface area contributed by atoms with Crippen LogP contribution < -0.4 is 5.73 Å². The molecular weight excluding hydrogens is 232 g/mol. The second kappa shape index (κ2) is 9.16. The molecule has 0 aromatic carbocycles. The number of nitrogens with two attached hydrogens (primary N) is 1. The first-order valence-electron chi connectivity index (χ1n) is 6.53. The Bertz CT molecular complexity index is 240. The smallest absolute Gasteiger partial charge is 0.144 e. The summed E-state index contributed by atoms with van der Waals surface area (Å²) in [5.41, 5.74) is 5.31. The van der Waals surface area contributed by atoms with Crippen LogP contribution in [0.25, 0.3) is 0 Å². The minimum atomic E-state index is -0.285. The van der Waals surface area contributed by atoms with Gasteiger partial charge in [0, 0.05) is 18.6 Å². The van der Waals surface area contributed by atoms with Gasteiger partial charge in [-0.15, -0.1) is 0 Å². The molecule has 0 unspecified atom stereocenters. The van der Waals surface area contributed by atoms with Crippen LogP contribution in [0.2, 0.25) is 0 Å². The molecule has 0 saturated heterocycles. The molecule has 18 heavy (non-hydrogen) atoms. The van der Waals surface area contributed by atoms with E-state index in [-0.39, 0.29) is 11.3 Å². The van der Waals surface area contributed by atoms with Gasteiger partial charge in [-0.1, -0.05) is 32.9 Å². The molecule has 0 fully saturated rings. The Balaban J connectivity index is 3.46. The second-order valence-corrected chi connectivity index (χ2v) is 5.55. The van der Waals surface area contributed by atoms with E-state index in [0.29, 0.717) is 25.7 Å². The highest BCUT2D eigenvalue weighted by molar-refractivity contribution is 5.85. The van der Waals surface area contributed by atoms with Gasteiger partial charge in [-0.3, -0.25) is 0 Å². The van der Waals surface area contributed by atoms with Crippen molar-refractivity contribution in [2.75, 3.05) is 26.4 Å². The quantitative estimate of drug-likeness (QED) is 0.208. The Labute approximate surface area is 110 Å². The third-order valence-electron chi connectivity index (χ3n) is 2.71. The highest BCUT2D eigenvalue weighted by Gasteiger charge is 2.22. The zero-order valence-corrected chi connectivity index (χ0v) is 12.1. The number of hydrogen-bond acceptors (Lipinski definition) is 4. The summed E-state index contributed by atoms with van der Waals surface area (Å²) in [5, 5.41) is 11.7. The first-order chi connectivity index (χ1) is 8.40. The van der Waals surface area contributed by atoms with Gasteiger partial charge >= 0.3 is 0 Å². The minimum absolute atomic E-state index is 0.266. The topological polar surface area (TPSA) is 77.1 Å². The minimum Gasteiger partial charge on any atom is -0.409 e. The number of hydrogen-bond donors (Lipinski definition) is 2. The van der Waals surface area contributed by atoms with Crippen molar-refractivity contribution in [1.82, 2.24) is 0 Å². The zero-order valence-electron chi connectivity index (χ0n) is 12.1. The van der Waals surface area contributed by atoms with Gasteiger partial charge in [0.25, 0.3) is 0 Å². The highest BCUT2D eigenvalue weighted by atomic mass is 16.5. The number of oxime groups is 1. The lowest BCUT2D eigenvalue weighted by Crippen LogP contribution is -2.32. The second-order valence-electron chi connectivity index (χ2n) is 5.55. The molecule has 0 aliphatic carbocycles. The SMILES string of the molecule is CC(C)COCCOCCCC(C)(C)C(N)=NO. The molecule has 0 spiro atoms. The number of nitrogens with zero attached hydrogens (tertiary/aromatic N) is 1. The van der Waals surface area contributed by atoms with Crippen LogP contribution in [0, 0.1) is 11.3 Å². The predicted octanol–water partition coefficient (Wildman–Crippen LogP) is 2.23. The lowest BCUT2D eigenvalue weighted by atomic mass is 9.87. The van der Waals surface area contributed by atoms with Crippen LogP contribution in [0.1, 0.15) is 40.5 Å². The molecule has 108 valence electrons. The number of ether oxygens (including phenoxy) is 2. The molecule has 0 amide bonds. The van der Waals surface area contributed by atoms with Crippen molar-refractivity contribution in [3.63, 3.8) is 0 Å². The third kappa shape index (κ3) is 8.31. The monoisotopic (exact) mass is 260 g/mol. The molecule has 0 aromatic rings. The Morgan fingerprint density at radius 3 is 2.39 bits per heavy atom. The lowest BCUT2D eigenvalue weighted by Gasteiger charge is -2.22. The van der Waals surface area contributed by atoms with Gasteiger partial charge in [0.1, 0.15) is 5.84 Å². The van der Waals surface area contributed by atoms with Crippen molar-refractivity contribution in [1.29, 1.82) is 0 Å². The fourth-order valence-electron chi connectivity index (χ4n) is 1.42. The average molecular weight is 260 g/mol. The molecule has 0 heterocycles. The van der Waals surface area contributed by atoms with Gasteiger partial charge in [0.15, 0.2) is 0 Å². The van der Waals surface area contributed by atoms with Crippen molar-refractivity contribution in [3.8, 4) is 0 Å². The summed E-state index contributed by atoms with van der Waals surface area (Å²) >= 11 is 0. The molecule has 5 nitrogen and oxygen atoms in total. The molecule has 0 radical (unpaired) electrons. The lowest BCUT2D eigenvalue weighted by molar-refractivity contribution is 0.0355. The maximum atomic E-state index is 8.63. The first kappa shape index (κ1) is 17.2. The van der Waals surface area contributed by atoms with Crippen LogP contribution in [0.3, 0.4) is 0 Å². The molecular formula is C13H28N2O3. The van der Waals surface area contributed by atoms with Crippen LogP contribution in [0.15, 0.2) is 5.16 Å². The van der Waals surface area contributed by atoms with Gasteiger partial charge in [0.2, 0.25) is 0 Å². The average Bonchev–Trinajstić information content (AvgIpc) is 2.30. The molecule has 0 atom stereocenters. The van der Waals surface area contributed by atoms with E-state index in [0.717, 1.165) is 19.4 Å². The summed E-state index contributed by atoms with van der Waals surface area (Å²) in [7, 11) is 0. The molecule has 0 rings (SSSR count). The van der Waals surface area contributed by atoms with Gasteiger partial charge in [-0.05, 0) is 18.8 Å². The van der Waals surface area contributed by atoms with E-state index >= 15 is 0 Å². The Morgan fingerprint density at radius 2 is 1.83 bits per heavy atom. The predicted molar refractivity (Wildman–Crippen MR) is 72.9 cm³/mol. The van der Waals surface area contributed by atoms with Crippen LogP contribution in [0.4, 0.5) is 0 Å². The van der Waals surface area contributed by atoms with E-state index in [2.05, 4.69) is 19.0 Å². The van der Waals surface area contributed by atoms with E-state index < -0.39 is 0 Å². The highest BCUT2D eigenvalue weighted by Crippen LogP contribution is 2.22. The standard InChI is InChI=1S/C13H28N2O3/c1-11(2)10-18-9-8-17-7-5-6-13(3,4)12(14)15-16/h11,16H,5-10H2,1-4H3,(H2,14,15). The summed E-state index contributed by atoms with van der Waals surface area (Å²) in [6.45, 7) is 10.9. The van der Waals surface area contributed by atoms with Crippen LogP contribution in [0.5, 0.6) is 0 Å². The fraction of sp³-hybridized carbons (Fsp3) is 0.923. The van der Waals surface area contributed by atoms with Crippen molar-refractivity contribution in [2.24, 2.45) is 22.2 Å². The summed E-state index contributed by atoms with van der Waals surface area (Å²) in [4.78, 5) is 0. The Kier molecular flexibility index (Phi) is 8.75. The normalized spacial score (nSPS) is 13.3. The van der Waals surface area contributed by atoms with Crippen LogP contribution in [-0.2, 0) is 9.47 Å². The third-order valence-corrected chi connectivity index (χ3v) is 2.71. The summed E-state index contributed by atoms with van der Waals surface area (Å²) in [6, 6.07) is 0. The number of rotatable bonds is 10. The summed E-state index contributed by atoms with van der Waals surface area (Å²) < 4.78 is 10.9. The number of amidine groups is 1. The first-order valence-corrected chi connectivity index (χ1v) is 6.53. The Hall–Kier alpha value is -0.810. The zero-order chi connectivity index (χ0) is 14.0. The van der Waals surface area contributed by atoms with E-state index in [4.69, 9.17) is 20.4 Å². The van der Waals surface area contributed by atoms with E-state index in [9.17, 15) is 0 Å². The van der Waals surface area contributed by atoms with Gasteiger partial charge in [-0.2, -0.15) is 0 Å².